The van der Waals surface area contributed by atoms with Gasteiger partial charge in [-0.05, 0) is 61.1 Å². The molecule has 2 amide bonds. The molecule has 2 fully saturated rings. The summed E-state index contributed by atoms with van der Waals surface area (Å²) in [4.78, 5) is 27.3. The van der Waals surface area contributed by atoms with Crippen molar-refractivity contribution in [2.45, 2.75) is 32.6 Å². The minimum Gasteiger partial charge on any atom is -0.341 e. The van der Waals surface area contributed by atoms with Gasteiger partial charge in [-0.3, -0.25) is 9.59 Å². The highest BCUT2D eigenvalue weighted by Crippen LogP contribution is 2.47. The number of nitrogens with one attached hydrogen (secondary N) is 1. The Labute approximate surface area is 164 Å². The Balaban J connectivity index is 1.42. The van der Waals surface area contributed by atoms with Crippen molar-refractivity contribution in [2.24, 2.45) is 11.3 Å². The molecule has 1 aliphatic heterocycles. The van der Waals surface area contributed by atoms with Crippen molar-refractivity contribution in [1.29, 1.82) is 0 Å². The van der Waals surface area contributed by atoms with Gasteiger partial charge in [0.2, 0.25) is 11.8 Å². The number of carbonyl (C=O) groups excluding carboxylic acids is 2. The highest BCUT2D eigenvalue weighted by atomic mass is 19.1. The van der Waals surface area contributed by atoms with Crippen LogP contribution in [0.25, 0.3) is 11.1 Å². The van der Waals surface area contributed by atoms with E-state index in [4.69, 9.17) is 0 Å². The van der Waals surface area contributed by atoms with Gasteiger partial charge in [0, 0.05) is 24.2 Å². The number of amides is 2. The van der Waals surface area contributed by atoms with Gasteiger partial charge >= 0.3 is 0 Å². The summed E-state index contributed by atoms with van der Waals surface area (Å²) >= 11 is 0. The second kappa shape index (κ2) is 7.38. The number of nitrogens with zero attached hydrogens (tertiary/aromatic N) is 1. The molecular weight excluding hydrogens is 355 g/mol. The predicted octanol–water partition coefficient (Wildman–Crippen LogP) is 4.47. The van der Waals surface area contributed by atoms with Crippen LogP contribution in [0.4, 0.5) is 10.1 Å². The first-order valence-corrected chi connectivity index (χ1v) is 9.91. The Bertz CT molecular complexity index is 890. The van der Waals surface area contributed by atoms with Crippen LogP contribution >= 0.6 is 0 Å². The fourth-order valence-corrected chi connectivity index (χ4v) is 3.82. The smallest absolute Gasteiger partial charge is 0.229 e. The number of carbonyl (C=O) groups is 2. The molecule has 2 aromatic rings. The van der Waals surface area contributed by atoms with Gasteiger partial charge in [-0.25, -0.2) is 4.39 Å². The van der Waals surface area contributed by atoms with E-state index in [0.717, 1.165) is 43.4 Å². The molecule has 1 atom stereocenters. The van der Waals surface area contributed by atoms with E-state index in [9.17, 15) is 14.0 Å². The summed E-state index contributed by atoms with van der Waals surface area (Å²) in [5, 5.41) is 3.00. The number of anilines is 1. The van der Waals surface area contributed by atoms with Crippen LogP contribution in [0.15, 0.2) is 48.5 Å². The molecule has 1 heterocycles. The molecule has 0 aromatic heterocycles. The van der Waals surface area contributed by atoms with Gasteiger partial charge in [-0.15, -0.1) is 0 Å². The fourth-order valence-electron chi connectivity index (χ4n) is 3.82. The van der Waals surface area contributed by atoms with Crippen LogP contribution in [0.5, 0.6) is 0 Å². The molecule has 1 N–H and O–H groups in total. The van der Waals surface area contributed by atoms with Crippen LogP contribution in [-0.4, -0.2) is 29.8 Å². The average Bonchev–Trinajstić information content (AvgIpc) is 3.47. The molecule has 4 nitrogen and oxygen atoms in total. The molecule has 2 aliphatic rings. The monoisotopic (exact) mass is 380 g/mol. The minimum atomic E-state index is -0.273. The first-order valence-electron chi connectivity index (χ1n) is 9.91. The maximum atomic E-state index is 13.1. The molecule has 28 heavy (non-hydrogen) atoms. The number of benzene rings is 2. The van der Waals surface area contributed by atoms with Crippen LogP contribution in [-0.2, 0) is 9.59 Å². The Hall–Kier alpha value is -2.69. The van der Waals surface area contributed by atoms with E-state index in [1.54, 1.807) is 12.1 Å². The quantitative estimate of drug-likeness (QED) is 0.851. The van der Waals surface area contributed by atoms with E-state index in [1.807, 2.05) is 36.1 Å². The summed E-state index contributed by atoms with van der Waals surface area (Å²) in [6.07, 6.45) is 3.56. The van der Waals surface area contributed by atoms with Crippen molar-refractivity contribution >= 4 is 17.5 Å². The van der Waals surface area contributed by atoms with Crippen LogP contribution in [0, 0.1) is 17.2 Å². The van der Waals surface area contributed by atoms with Gasteiger partial charge < -0.3 is 10.2 Å². The number of likely N-dealkylation sites (tertiary alicyclic amines) is 1. The standard InChI is InChI=1S/C23H25FN2O2/c1-23(11-12-23)22(28)26-13-3-5-18(15-26)21(27)25-20-6-2-4-17(14-20)16-7-9-19(24)10-8-16/h2,4,6-10,14,18H,3,5,11-13,15H2,1H3,(H,25,27)/t18-/m1/s1. The summed E-state index contributed by atoms with van der Waals surface area (Å²) in [5.74, 6) is -0.308. The van der Waals surface area contributed by atoms with E-state index < -0.39 is 0 Å². The lowest BCUT2D eigenvalue weighted by atomic mass is 9.95. The van der Waals surface area contributed by atoms with E-state index in [-0.39, 0.29) is 29.0 Å². The lowest BCUT2D eigenvalue weighted by Crippen LogP contribution is -2.46. The Morgan fingerprint density at radius 1 is 1.11 bits per heavy atom. The van der Waals surface area contributed by atoms with Crippen molar-refractivity contribution in [3.05, 3.63) is 54.3 Å². The lowest BCUT2D eigenvalue weighted by Gasteiger charge is -2.33. The molecule has 2 aromatic carbocycles. The highest BCUT2D eigenvalue weighted by Gasteiger charge is 2.48. The van der Waals surface area contributed by atoms with Crippen LogP contribution < -0.4 is 5.32 Å². The Morgan fingerprint density at radius 3 is 2.57 bits per heavy atom. The average molecular weight is 380 g/mol. The SMILES string of the molecule is CC1(C(=O)N2CCC[C@@H](C(=O)Nc3cccc(-c4ccc(F)cc4)c3)C2)CC1. The van der Waals surface area contributed by atoms with Crippen molar-refractivity contribution in [1.82, 2.24) is 4.90 Å². The van der Waals surface area contributed by atoms with Gasteiger partial charge in [-0.1, -0.05) is 31.2 Å². The summed E-state index contributed by atoms with van der Waals surface area (Å²) < 4.78 is 13.1. The van der Waals surface area contributed by atoms with Gasteiger partial charge in [0.05, 0.1) is 5.92 Å². The zero-order valence-electron chi connectivity index (χ0n) is 16.1. The van der Waals surface area contributed by atoms with Crippen LogP contribution in [0.2, 0.25) is 0 Å². The Kier molecular flexibility index (Phi) is 4.92. The molecule has 0 bridgehead atoms. The largest absolute Gasteiger partial charge is 0.341 e. The topological polar surface area (TPSA) is 49.4 Å². The molecule has 1 aliphatic carbocycles. The predicted molar refractivity (Wildman–Crippen MR) is 107 cm³/mol. The number of hydrogen-bond acceptors (Lipinski definition) is 2. The maximum Gasteiger partial charge on any atom is 0.229 e. The maximum absolute atomic E-state index is 13.1. The van der Waals surface area contributed by atoms with Gasteiger partial charge in [0.1, 0.15) is 5.82 Å². The van der Waals surface area contributed by atoms with Gasteiger partial charge in [0.15, 0.2) is 0 Å². The summed E-state index contributed by atoms with van der Waals surface area (Å²) in [7, 11) is 0. The second-order valence-electron chi connectivity index (χ2n) is 8.23. The van der Waals surface area contributed by atoms with Gasteiger partial charge in [0.25, 0.3) is 0 Å². The van der Waals surface area contributed by atoms with E-state index >= 15 is 0 Å². The van der Waals surface area contributed by atoms with E-state index in [0.29, 0.717) is 12.2 Å². The van der Waals surface area contributed by atoms with E-state index in [1.165, 1.54) is 12.1 Å². The third kappa shape index (κ3) is 3.93. The summed E-state index contributed by atoms with van der Waals surface area (Å²) in [6, 6.07) is 13.8. The number of halogens is 1. The van der Waals surface area contributed by atoms with Crippen molar-refractivity contribution in [3.8, 4) is 11.1 Å². The van der Waals surface area contributed by atoms with Crippen molar-refractivity contribution in [2.75, 3.05) is 18.4 Å². The number of rotatable bonds is 4. The van der Waals surface area contributed by atoms with Crippen LogP contribution in [0.1, 0.15) is 32.6 Å². The Morgan fingerprint density at radius 2 is 1.86 bits per heavy atom. The second-order valence-corrected chi connectivity index (χ2v) is 8.23. The molecule has 0 unspecified atom stereocenters. The molecular formula is C23H25FN2O2. The van der Waals surface area contributed by atoms with E-state index in [2.05, 4.69) is 5.32 Å². The lowest BCUT2D eigenvalue weighted by molar-refractivity contribution is -0.139. The third-order valence-electron chi connectivity index (χ3n) is 5.90. The molecule has 4 rings (SSSR count). The fraction of sp³-hybridized carbons (Fsp3) is 0.391. The first-order chi connectivity index (χ1) is 13.4. The van der Waals surface area contributed by atoms with Crippen LogP contribution in [0.3, 0.4) is 0 Å². The highest BCUT2D eigenvalue weighted by molar-refractivity contribution is 5.94. The normalized spacial score (nSPS) is 20.5. The molecule has 5 heteroatoms. The van der Waals surface area contributed by atoms with Crippen molar-refractivity contribution in [3.63, 3.8) is 0 Å². The third-order valence-corrected chi connectivity index (χ3v) is 5.90. The zero-order chi connectivity index (χ0) is 19.7. The zero-order valence-corrected chi connectivity index (χ0v) is 16.1. The molecule has 1 saturated carbocycles. The minimum absolute atomic E-state index is 0.0466. The summed E-state index contributed by atoms with van der Waals surface area (Å²) in [6.45, 7) is 3.26. The number of piperidine rings is 1. The summed E-state index contributed by atoms with van der Waals surface area (Å²) in [5.41, 5.74) is 2.33. The molecule has 1 saturated heterocycles. The van der Waals surface area contributed by atoms with Crippen molar-refractivity contribution < 1.29 is 14.0 Å². The molecule has 0 spiro atoms. The molecule has 146 valence electrons. The molecule has 0 radical (unpaired) electrons. The van der Waals surface area contributed by atoms with Gasteiger partial charge in [-0.2, -0.15) is 0 Å². The first kappa shape index (κ1) is 18.7. The number of hydrogen-bond donors (Lipinski definition) is 1.